The molecule has 0 aliphatic heterocycles. The van der Waals surface area contributed by atoms with E-state index in [9.17, 15) is 9.59 Å². The predicted molar refractivity (Wildman–Crippen MR) is 106 cm³/mol. The third kappa shape index (κ3) is 4.20. The second-order valence-electron chi connectivity index (χ2n) is 6.08. The van der Waals surface area contributed by atoms with Gasteiger partial charge in [0.25, 0.3) is 5.91 Å². The molecule has 7 nitrogen and oxygen atoms in total. The maximum absolute atomic E-state index is 12.4. The lowest BCUT2D eigenvalue weighted by molar-refractivity contribution is -0.123. The van der Waals surface area contributed by atoms with E-state index in [0.717, 1.165) is 5.56 Å². The highest BCUT2D eigenvalue weighted by molar-refractivity contribution is 6.31. The minimum atomic E-state index is -1.05. The molecule has 0 saturated carbocycles. The number of hydrogen-bond acceptors (Lipinski definition) is 6. The average Bonchev–Trinajstić information content (AvgIpc) is 2.69. The summed E-state index contributed by atoms with van der Waals surface area (Å²) in [5, 5.41) is 3.20. The van der Waals surface area contributed by atoms with Crippen LogP contribution in [0.3, 0.4) is 0 Å². The molecule has 3 rings (SSSR count). The van der Waals surface area contributed by atoms with E-state index in [0.29, 0.717) is 27.5 Å². The molecule has 0 aliphatic rings. The molecule has 2 aromatic carbocycles. The number of aryl methyl sites for hydroxylation is 1. The lowest BCUT2D eigenvalue weighted by Crippen LogP contribution is -2.30. The number of nitrogens with zero attached hydrogens (tertiary/aromatic N) is 2. The van der Waals surface area contributed by atoms with Gasteiger partial charge < -0.3 is 14.8 Å². The topological polar surface area (TPSA) is 90.4 Å². The van der Waals surface area contributed by atoms with Crippen molar-refractivity contribution < 1.29 is 19.1 Å². The minimum absolute atomic E-state index is 0.0262. The molecule has 8 heteroatoms. The molecule has 0 bridgehead atoms. The van der Waals surface area contributed by atoms with Crippen molar-refractivity contribution in [2.45, 2.75) is 20.0 Å². The van der Waals surface area contributed by atoms with E-state index in [2.05, 4.69) is 15.3 Å². The number of carbonyl (C=O) groups excluding carboxylic acids is 2. The second-order valence-corrected chi connectivity index (χ2v) is 6.49. The summed E-state index contributed by atoms with van der Waals surface area (Å²) >= 11 is 6.07. The Kier molecular flexibility index (Phi) is 5.75. The zero-order valence-corrected chi connectivity index (χ0v) is 16.3. The van der Waals surface area contributed by atoms with E-state index in [1.54, 1.807) is 37.3 Å². The third-order valence-corrected chi connectivity index (χ3v) is 4.46. The molecule has 0 radical (unpaired) electrons. The van der Waals surface area contributed by atoms with E-state index in [1.165, 1.54) is 20.2 Å². The molecular weight excluding hydrogens is 382 g/mol. The number of fused-ring (bicyclic) bond motifs is 1. The van der Waals surface area contributed by atoms with Gasteiger partial charge in [-0.3, -0.25) is 9.78 Å². The summed E-state index contributed by atoms with van der Waals surface area (Å²) < 4.78 is 10.5. The van der Waals surface area contributed by atoms with E-state index in [-0.39, 0.29) is 5.69 Å². The Hall–Kier alpha value is -3.19. The fourth-order valence-corrected chi connectivity index (χ4v) is 2.65. The van der Waals surface area contributed by atoms with Crippen molar-refractivity contribution in [1.29, 1.82) is 0 Å². The van der Waals surface area contributed by atoms with Crippen LogP contribution in [0.5, 0.6) is 5.75 Å². The predicted octanol–water partition coefficient (Wildman–Crippen LogP) is 3.78. The van der Waals surface area contributed by atoms with Gasteiger partial charge in [0.2, 0.25) is 0 Å². The number of rotatable bonds is 5. The molecule has 0 fully saturated rings. The first kappa shape index (κ1) is 19.6. The number of para-hydroxylation sites is 2. The van der Waals surface area contributed by atoms with Crippen LogP contribution in [0.1, 0.15) is 23.0 Å². The van der Waals surface area contributed by atoms with Gasteiger partial charge >= 0.3 is 5.97 Å². The van der Waals surface area contributed by atoms with Crippen LogP contribution in [0.4, 0.5) is 5.69 Å². The highest BCUT2D eigenvalue weighted by Crippen LogP contribution is 2.31. The van der Waals surface area contributed by atoms with E-state index >= 15 is 0 Å². The quantitative estimate of drug-likeness (QED) is 0.656. The number of benzene rings is 2. The van der Waals surface area contributed by atoms with Gasteiger partial charge in [0.05, 0.1) is 30.0 Å². The largest absolute Gasteiger partial charge is 0.495 e. The van der Waals surface area contributed by atoms with Crippen molar-refractivity contribution in [3.05, 3.63) is 58.9 Å². The van der Waals surface area contributed by atoms with Crippen LogP contribution in [0, 0.1) is 6.92 Å². The number of halogens is 1. The number of amides is 1. The molecule has 0 saturated heterocycles. The number of carbonyl (C=O) groups is 2. The number of anilines is 1. The number of ether oxygens (including phenoxy) is 2. The van der Waals surface area contributed by atoms with E-state index < -0.39 is 18.0 Å². The molecule has 1 heterocycles. The Bertz CT molecular complexity index is 1050. The zero-order chi connectivity index (χ0) is 20.3. The van der Waals surface area contributed by atoms with Crippen LogP contribution in [0.25, 0.3) is 11.0 Å². The zero-order valence-electron chi connectivity index (χ0n) is 15.5. The van der Waals surface area contributed by atoms with E-state index in [4.69, 9.17) is 21.1 Å². The Morgan fingerprint density at radius 1 is 1.18 bits per heavy atom. The normalized spacial score (nSPS) is 11.7. The molecule has 0 aliphatic carbocycles. The van der Waals surface area contributed by atoms with Crippen LogP contribution in [0.2, 0.25) is 5.02 Å². The molecule has 1 N–H and O–H groups in total. The lowest BCUT2D eigenvalue weighted by Gasteiger charge is -2.16. The van der Waals surface area contributed by atoms with Gasteiger partial charge in [-0.25, -0.2) is 9.78 Å². The highest BCUT2D eigenvalue weighted by atomic mass is 35.5. The minimum Gasteiger partial charge on any atom is -0.495 e. The third-order valence-electron chi connectivity index (χ3n) is 4.05. The van der Waals surface area contributed by atoms with Crippen molar-refractivity contribution >= 4 is 40.2 Å². The molecule has 1 amide bonds. The Morgan fingerprint density at radius 3 is 2.61 bits per heavy atom. The molecule has 3 aromatic rings. The van der Waals surface area contributed by atoms with Gasteiger partial charge in [-0.15, -0.1) is 0 Å². The highest BCUT2D eigenvalue weighted by Gasteiger charge is 2.22. The van der Waals surface area contributed by atoms with Crippen molar-refractivity contribution in [2.24, 2.45) is 0 Å². The van der Waals surface area contributed by atoms with Crippen molar-refractivity contribution in [1.82, 2.24) is 9.97 Å². The van der Waals surface area contributed by atoms with Gasteiger partial charge in [-0.05, 0) is 37.6 Å². The van der Waals surface area contributed by atoms with Gasteiger partial charge in [0, 0.05) is 11.1 Å². The molecule has 144 valence electrons. The standard InChI is InChI=1S/C20H18ClN3O4/c1-11-8-16(18(27-3)9-13(11)21)24-19(25)12(2)28-20(26)17-10-22-14-6-4-5-7-15(14)23-17/h4-10,12H,1-3H3,(H,24,25). The molecule has 1 atom stereocenters. The van der Waals surface area contributed by atoms with Crippen LogP contribution < -0.4 is 10.1 Å². The molecule has 0 spiro atoms. The SMILES string of the molecule is COc1cc(Cl)c(C)cc1NC(=O)C(C)OC(=O)c1cnc2ccccc2n1. The number of nitrogens with one attached hydrogen (secondary N) is 1. The van der Waals surface area contributed by atoms with Crippen molar-refractivity contribution in [2.75, 3.05) is 12.4 Å². The summed E-state index contributed by atoms with van der Waals surface area (Å²) in [4.78, 5) is 33.2. The first-order valence-electron chi connectivity index (χ1n) is 8.47. The number of hydrogen-bond donors (Lipinski definition) is 1. The second kappa shape index (κ2) is 8.22. The number of aromatic nitrogens is 2. The molecular formula is C20H18ClN3O4. The Balaban J connectivity index is 1.71. The smallest absolute Gasteiger partial charge is 0.359 e. The van der Waals surface area contributed by atoms with Crippen LogP contribution >= 0.6 is 11.6 Å². The van der Waals surface area contributed by atoms with Crippen LogP contribution in [-0.2, 0) is 9.53 Å². The van der Waals surface area contributed by atoms with Crippen molar-refractivity contribution in [3.63, 3.8) is 0 Å². The van der Waals surface area contributed by atoms with Crippen LogP contribution in [0.15, 0.2) is 42.6 Å². The monoisotopic (exact) mass is 399 g/mol. The fourth-order valence-electron chi connectivity index (χ4n) is 2.49. The Morgan fingerprint density at radius 2 is 1.89 bits per heavy atom. The molecule has 28 heavy (non-hydrogen) atoms. The maximum Gasteiger partial charge on any atom is 0.359 e. The first-order chi connectivity index (χ1) is 13.4. The maximum atomic E-state index is 12.4. The van der Waals surface area contributed by atoms with Gasteiger partial charge in [0.15, 0.2) is 11.8 Å². The van der Waals surface area contributed by atoms with E-state index in [1.807, 2.05) is 6.07 Å². The lowest BCUT2D eigenvalue weighted by atomic mass is 10.2. The fraction of sp³-hybridized carbons (Fsp3) is 0.200. The summed E-state index contributed by atoms with van der Waals surface area (Å²) in [5.41, 5.74) is 2.46. The summed E-state index contributed by atoms with van der Waals surface area (Å²) in [7, 11) is 1.47. The van der Waals surface area contributed by atoms with Gasteiger partial charge in [-0.1, -0.05) is 23.7 Å². The van der Waals surface area contributed by atoms with Gasteiger partial charge in [0.1, 0.15) is 5.75 Å². The summed E-state index contributed by atoms with van der Waals surface area (Å²) in [6, 6.07) is 10.4. The van der Waals surface area contributed by atoms with Crippen LogP contribution in [-0.4, -0.2) is 35.1 Å². The number of methoxy groups -OCH3 is 1. The summed E-state index contributed by atoms with van der Waals surface area (Å²) in [6.45, 7) is 3.27. The summed E-state index contributed by atoms with van der Waals surface area (Å²) in [6.07, 6.45) is 0.266. The van der Waals surface area contributed by atoms with Crippen molar-refractivity contribution in [3.8, 4) is 5.75 Å². The average molecular weight is 400 g/mol. The molecule has 1 unspecified atom stereocenters. The first-order valence-corrected chi connectivity index (χ1v) is 8.84. The molecule has 1 aromatic heterocycles. The summed E-state index contributed by atoms with van der Waals surface area (Å²) in [5.74, 6) is -0.842. The van der Waals surface area contributed by atoms with Gasteiger partial charge in [-0.2, -0.15) is 0 Å². The Labute approximate surface area is 166 Å². The number of esters is 1.